The maximum atomic E-state index is 5.79. The van der Waals surface area contributed by atoms with Crippen molar-refractivity contribution in [2.45, 2.75) is 31.2 Å². The summed E-state index contributed by atoms with van der Waals surface area (Å²) in [6.07, 6.45) is 3.57. The molecule has 3 heteroatoms. The number of hydrazine groups is 1. The molecule has 1 saturated heterocycles. The van der Waals surface area contributed by atoms with Gasteiger partial charge in [-0.3, -0.25) is 11.3 Å². The van der Waals surface area contributed by atoms with E-state index in [0.29, 0.717) is 23.8 Å². The number of nitrogens with two attached hydrogens (primary N) is 1. The van der Waals surface area contributed by atoms with Crippen LogP contribution in [0.1, 0.15) is 30.7 Å². The first-order chi connectivity index (χ1) is 8.90. The van der Waals surface area contributed by atoms with Crippen LogP contribution in [-0.2, 0) is 4.74 Å². The molecular weight excluding hydrogens is 224 g/mol. The highest BCUT2D eigenvalue weighted by Crippen LogP contribution is 2.51. The van der Waals surface area contributed by atoms with E-state index in [2.05, 4.69) is 35.8 Å². The maximum Gasteiger partial charge on any atom is 0.0469 e. The van der Waals surface area contributed by atoms with Gasteiger partial charge in [0.05, 0.1) is 0 Å². The van der Waals surface area contributed by atoms with Crippen molar-refractivity contribution in [2.24, 2.45) is 17.7 Å². The molecule has 3 N–H and O–H groups in total. The maximum absolute atomic E-state index is 5.79. The summed E-state index contributed by atoms with van der Waals surface area (Å²) in [5.41, 5.74) is 4.55. The average molecular weight is 246 g/mol. The molecule has 1 aromatic rings. The normalized spacial score (nSPS) is 30.1. The van der Waals surface area contributed by atoms with Gasteiger partial charge in [0.15, 0.2) is 0 Å². The Hall–Kier alpha value is -0.900. The molecule has 3 unspecified atom stereocenters. The average Bonchev–Trinajstić information content (AvgIpc) is 3.22. The molecule has 3 atom stereocenters. The minimum atomic E-state index is 0.458. The fraction of sp³-hybridized carbons (Fsp3) is 0.600. The summed E-state index contributed by atoms with van der Waals surface area (Å²) in [5, 5.41) is 0. The molecule has 0 amide bonds. The molecule has 1 aromatic carbocycles. The molecule has 3 nitrogen and oxygen atoms in total. The summed E-state index contributed by atoms with van der Waals surface area (Å²) in [6, 6.07) is 11.3. The minimum absolute atomic E-state index is 0.458. The van der Waals surface area contributed by atoms with Crippen LogP contribution in [0.4, 0.5) is 0 Å². The molecule has 2 aliphatic rings. The predicted molar refractivity (Wildman–Crippen MR) is 71.9 cm³/mol. The number of hydrogen-bond acceptors (Lipinski definition) is 3. The third kappa shape index (κ3) is 2.44. The Morgan fingerprint density at radius 3 is 2.56 bits per heavy atom. The fourth-order valence-electron chi connectivity index (χ4n) is 3.38. The van der Waals surface area contributed by atoms with Crippen LogP contribution in [0.2, 0.25) is 0 Å². The SMILES string of the molecule is NNC(C1CCOCC1)C1CC1c1ccccc1. The highest BCUT2D eigenvalue weighted by atomic mass is 16.5. The monoisotopic (exact) mass is 246 g/mol. The Morgan fingerprint density at radius 2 is 1.89 bits per heavy atom. The Morgan fingerprint density at radius 1 is 1.17 bits per heavy atom. The molecule has 0 spiro atoms. The highest BCUT2D eigenvalue weighted by Gasteiger charge is 2.46. The summed E-state index contributed by atoms with van der Waals surface area (Å²) in [4.78, 5) is 0. The van der Waals surface area contributed by atoms with Crippen molar-refractivity contribution in [1.29, 1.82) is 0 Å². The van der Waals surface area contributed by atoms with E-state index in [-0.39, 0.29) is 0 Å². The molecule has 0 bridgehead atoms. The van der Waals surface area contributed by atoms with Gasteiger partial charge in [-0.15, -0.1) is 0 Å². The van der Waals surface area contributed by atoms with E-state index in [1.165, 1.54) is 12.0 Å². The van der Waals surface area contributed by atoms with E-state index in [9.17, 15) is 0 Å². The Kier molecular flexibility index (Phi) is 3.64. The summed E-state index contributed by atoms with van der Waals surface area (Å²) < 4.78 is 5.44. The summed E-state index contributed by atoms with van der Waals surface area (Å²) in [7, 11) is 0. The van der Waals surface area contributed by atoms with Crippen molar-refractivity contribution in [1.82, 2.24) is 5.43 Å². The molecule has 3 rings (SSSR count). The summed E-state index contributed by atoms with van der Waals surface area (Å²) in [6.45, 7) is 1.79. The van der Waals surface area contributed by atoms with E-state index >= 15 is 0 Å². The lowest BCUT2D eigenvalue weighted by atomic mass is 9.88. The molecule has 0 aromatic heterocycles. The number of nitrogens with one attached hydrogen (secondary N) is 1. The zero-order chi connectivity index (χ0) is 12.4. The molecule has 1 saturated carbocycles. The third-order valence-corrected chi connectivity index (χ3v) is 4.50. The topological polar surface area (TPSA) is 47.3 Å². The molecular formula is C15H22N2O. The molecule has 1 heterocycles. The first-order valence-corrected chi connectivity index (χ1v) is 6.99. The molecule has 18 heavy (non-hydrogen) atoms. The summed E-state index contributed by atoms with van der Waals surface area (Å²) in [5.74, 6) is 7.89. The lowest BCUT2D eigenvalue weighted by Crippen LogP contribution is -2.44. The lowest BCUT2D eigenvalue weighted by molar-refractivity contribution is 0.0504. The zero-order valence-corrected chi connectivity index (χ0v) is 10.7. The first kappa shape index (κ1) is 12.2. The van der Waals surface area contributed by atoms with Crippen molar-refractivity contribution in [3.8, 4) is 0 Å². The van der Waals surface area contributed by atoms with E-state index in [1.54, 1.807) is 0 Å². The van der Waals surface area contributed by atoms with Crippen molar-refractivity contribution in [2.75, 3.05) is 13.2 Å². The second-order valence-electron chi connectivity index (χ2n) is 5.56. The van der Waals surface area contributed by atoms with Gasteiger partial charge in [0.25, 0.3) is 0 Å². The fourth-order valence-corrected chi connectivity index (χ4v) is 3.38. The van der Waals surface area contributed by atoms with Crippen LogP contribution < -0.4 is 11.3 Å². The van der Waals surface area contributed by atoms with Crippen LogP contribution in [0.25, 0.3) is 0 Å². The van der Waals surface area contributed by atoms with Crippen molar-refractivity contribution in [3.63, 3.8) is 0 Å². The minimum Gasteiger partial charge on any atom is -0.381 e. The number of ether oxygens (including phenoxy) is 1. The van der Waals surface area contributed by atoms with E-state index < -0.39 is 0 Å². The van der Waals surface area contributed by atoms with Gasteiger partial charge in [-0.05, 0) is 42.6 Å². The second-order valence-corrected chi connectivity index (χ2v) is 5.56. The molecule has 0 radical (unpaired) electrons. The van der Waals surface area contributed by atoms with Crippen molar-refractivity contribution in [3.05, 3.63) is 35.9 Å². The van der Waals surface area contributed by atoms with Crippen LogP contribution in [-0.4, -0.2) is 19.3 Å². The van der Waals surface area contributed by atoms with E-state index in [4.69, 9.17) is 10.6 Å². The Labute approximate surface area is 109 Å². The summed E-state index contributed by atoms with van der Waals surface area (Å²) >= 11 is 0. The van der Waals surface area contributed by atoms with Gasteiger partial charge < -0.3 is 4.74 Å². The standard InChI is InChI=1S/C15H22N2O/c16-17-15(12-6-8-18-9-7-12)14-10-13(14)11-4-2-1-3-5-11/h1-5,12-15,17H,6-10,16H2. The number of benzene rings is 1. The third-order valence-electron chi connectivity index (χ3n) is 4.50. The van der Waals surface area contributed by atoms with Crippen LogP contribution in [0.15, 0.2) is 30.3 Å². The predicted octanol–water partition coefficient (Wildman–Crippen LogP) is 2.05. The number of hydrogen-bond donors (Lipinski definition) is 2. The Bertz CT molecular complexity index is 375. The molecule has 2 fully saturated rings. The molecule has 1 aliphatic carbocycles. The zero-order valence-electron chi connectivity index (χ0n) is 10.7. The van der Waals surface area contributed by atoms with Crippen molar-refractivity contribution >= 4 is 0 Å². The smallest absolute Gasteiger partial charge is 0.0469 e. The Balaban J connectivity index is 1.64. The van der Waals surface area contributed by atoms with E-state index in [1.807, 2.05) is 0 Å². The van der Waals surface area contributed by atoms with Gasteiger partial charge in [-0.25, -0.2) is 0 Å². The van der Waals surface area contributed by atoms with Crippen LogP contribution in [0, 0.1) is 11.8 Å². The highest BCUT2D eigenvalue weighted by molar-refractivity contribution is 5.26. The van der Waals surface area contributed by atoms with E-state index in [0.717, 1.165) is 26.1 Å². The quantitative estimate of drug-likeness (QED) is 0.631. The lowest BCUT2D eigenvalue weighted by Gasteiger charge is -2.30. The van der Waals surface area contributed by atoms with Crippen LogP contribution in [0.5, 0.6) is 0 Å². The van der Waals surface area contributed by atoms with Gasteiger partial charge in [0, 0.05) is 19.3 Å². The van der Waals surface area contributed by atoms with Gasteiger partial charge in [0.2, 0.25) is 0 Å². The largest absolute Gasteiger partial charge is 0.381 e. The van der Waals surface area contributed by atoms with Crippen molar-refractivity contribution < 1.29 is 4.74 Å². The van der Waals surface area contributed by atoms with Gasteiger partial charge in [-0.1, -0.05) is 30.3 Å². The number of rotatable bonds is 4. The molecule has 98 valence electrons. The van der Waals surface area contributed by atoms with Crippen LogP contribution >= 0.6 is 0 Å². The molecule has 1 aliphatic heterocycles. The van der Waals surface area contributed by atoms with Gasteiger partial charge >= 0.3 is 0 Å². The first-order valence-electron chi connectivity index (χ1n) is 6.99. The van der Waals surface area contributed by atoms with Crippen LogP contribution in [0.3, 0.4) is 0 Å². The van der Waals surface area contributed by atoms with Gasteiger partial charge in [0.1, 0.15) is 0 Å². The second kappa shape index (κ2) is 5.39. The van der Waals surface area contributed by atoms with Gasteiger partial charge in [-0.2, -0.15) is 0 Å².